The van der Waals surface area contributed by atoms with Gasteiger partial charge in [0.25, 0.3) is 0 Å². The first-order valence-corrected chi connectivity index (χ1v) is 5.52. The van der Waals surface area contributed by atoms with Crippen LogP contribution in [0.1, 0.15) is 52.4 Å². The van der Waals surface area contributed by atoms with Crippen molar-refractivity contribution in [1.29, 1.82) is 0 Å². The van der Waals surface area contributed by atoms with Crippen LogP contribution in [0.2, 0.25) is 0 Å². The molecule has 14 heavy (non-hydrogen) atoms. The van der Waals surface area contributed by atoms with E-state index in [2.05, 4.69) is 6.92 Å². The smallest absolute Gasteiger partial charge is 0.142 e. The Morgan fingerprint density at radius 2 is 1.93 bits per heavy atom. The van der Waals surface area contributed by atoms with E-state index in [0.29, 0.717) is 0 Å². The van der Waals surface area contributed by atoms with Gasteiger partial charge in [-0.25, -0.2) is 0 Å². The molecule has 0 amide bonds. The molecule has 2 heteroatoms. The molecule has 1 atom stereocenters. The molecule has 0 aromatic carbocycles. The van der Waals surface area contributed by atoms with E-state index in [1.165, 1.54) is 31.8 Å². The second-order valence-electron chi connectivity index (χ2n) is 3.77. The van der Waals surface area contributed by atoms with Crippen LogP contribution in [0.25, 0.3) is 0 Å². The third-order valence-corrected chi connectivity index (χ3v) is 2.44. The number of unbranched alkanes of at least 4 members (excludes halogenated alkanes) is 4. The molecule has 0 spiro atoms. The van der Waals surface area contributed by atoms with E-state index < -0.39 is 6.10 Å². The van der Waals surface area contributed by atoms with Crippen molar-refractivity contribution >= 4 is 6.29 Å². The van der Waals surface area contributed by atoms with Gasteiger partial charge in [-0.15, -0.1) is 0 Å². The lowest BCUT2D eigenvalue weighted by molar-refractivity contribution is -0.104. The van der Waals surface area contributed by atoms with Gasteiger partial charge in [0, 0.05) is 0 Å². The molecule has 0 aliphatic heterocycles. The highest BCUT2D eigenvalue weighted by atomic mass is 16.3. The Hall–Kier alpha value is -0.630. The highest BCUT2D eigenvalue weighted by Crippen LogP contribution is 2.11. The van der Waals surface area contributed by atoms with Crippen molar-refractivity contribution in [2.75, 3.05) is 0 Å². The zero-order chi connectivity index (χ0) is 10.8. The Bertz CT molecular complexity index is 173. The van der Waals surface area contributed by atoms with E-state index in [-0.39, 0.29) is 0 Å². The SMILES string of the molecule is CCCCCCCC(O)/C(C)=C/C=O. The van der Waals surface area contributed by atoms with Gasteiger partial charge in [0.2, 0.25) is 0 Å². The maximum absolute atomic E-state index is 10.1. The first-order chi connectivity index (χ1) is 6.72. The molecule has 0 aliphatic rings. The van der Waals surface area contributed by atoms with Gasteiger partial charge in [-0.2, -0.15) is 0 Å². The second kappa shape index (κ2) is 8.95. The van der Waals surface area contributed by atoms with Crippen LogP contribution in [-0.4, -0.2) is 17.5 Å². The summed E-state index contributed by atoms with van der Waals surface area (Å²) in [5.41, 5.74) is 0.774. The summed E-state index contributed by atoms with van der Waals surface area (Å²) in [7, 11) is 0. The van der Waals surface area contributed by atoms with Crippen LogP contribution in [0, 0.1) is 0 Å². The number of aliphatic hydroxyl groups is 1. The van der Waals surface area contributed by atoms with Crippen molar-refractivity contribution in [3.05, 3.63) is 11.6 Å². The monoisotopic (exact) mass is 198 g/mol. The number of rotatable bonds is 8. The molecular weight excluding hydrogens is 176 g/mol. The van der Waals surface area contributed by atoms with Crippen molar-refractivity contribution in [2.24, 2.45) is 0 Å². The van der Waals surface area contributed by atoms with Gasteiger partial charge >= 0.3 is 0 Å². The Kier molecular flexibility index (Phi) is 8.54. The minimum atomic E-state index is -0.429. The second-order valence-corrected chi connectivity index (χ2v) is 3.77. The Labute approximate surface area is 87.0 Å². The normalized spacial score (nSPS) is 14.1. The third kappa shape index (κ3) is 6.84. The molecule has 0 heterocycles. The van der Waals surface area contributed by atoms with Crippen LogP contribution in [0.5, 0.6) is 0 Å². The number of carbonyl (C=O) groups excluding carboxylic acids is 1. The van der Waals surface area contributed by atoms with Gasteiger partial charge in [0.15, 0.2) is 0 Å². The standard InChI is InChI=1S/C12H22O2/c1-3-4-5-6-7-8-12(14)11(2)9-10-13/h9-10,12,14H,3-8H2,1-2H3/b11-9+. The van der Waals surface area contributed by atoms with E-state index in [1.807, 2.05) is 0 Å². The molecule has 0 aromatic rings. The maximum Gasteiger partial charge on any atom is 0.142 e. The number of aliphatic hydroxyl groups excluding tert-OH is 1. The third-order valence-electron chi connectivity index (χ3n) is 2.44. The summed E-state index contributed by atoms with van der Waals surface area (Å²) in [6.45, 7) is 3.98. The highest BCUT2D eigenvalue weighted by molar-refractivity contribution is 5.66. The molecule has 0 saturated heterocycles. The molecule has 0 aromatic heterocycles. The zero-order valence-corrected chi connectivity index (χ0v) is 9.33. The number of carbonyl (C=O) groups is 1. The molecule has 0 radical (unpaired) electrons. The fourth-order valence-corrected chi connectivity index (χ4v) is 1.39. The molecule has 1 N–H and O–H groups in total. The van der Waals surface area contributed by atoms with Crippen molar-refractivity contribution in [2.45, 2.75) is 58.5 Å². The van der Waals surface area contributed by atoms with E-state index >= 15 is 0 Å². The molecule has 0 bridgehead atoms. The predicted molar refractivity (Wildman–Crippen MR) is 59.2 cm³/mol. The maximum atomic E-state index is 10.1. The van der Waals surface area contributed by atoms with E-state index in [1.54, 1.807) is 6.92 Å². The fourth-order valence-electron chi connectivity index (χ4n) is 1.39. The Morgan fingerprint density at radius 3 is 2.50 bits per heavy atom. The van der Waals surface area contributed by atoms with Gasteiger partial charge in [-0.05, 0) is 25.0 Å². The molecule has 0 fully saturated rings. The van der Waals surface area contributed by atoms with Gasteiger partial charge in [0.05, 0.1) is 6.10 Å². The summed E-state index contributed by atoms with van der Waals surface area (Å²) in [6.07, 6.45) is 8.52. The highest BCUT2D eigenvalue weighted by Gasteiger charge is 2.04. The molecule has 2 nitrogen and oxygen atoms in total. The lowest BCUT2D eigenvalue weighted by Crippen LogP contribution is -2.07. The lowest BCUT2D eigenvalue weighted by atomic mass is 10.0. The molecule has 1 unspecified atom stereocenters. The lowest BCUT2D eigenvalue weighted by Gasteiger charge is -2.09. The van der Waals surface area contributed by atoms with Crippen molar-refractivity contribution in [3.63, 3.8) is 0 Å². The largest absolute Gasteiger partial charge is 0.389 e. The van der Waals surface area contributed by atoms with E-state index in [9.17, 15) is 9.90 Å². The summed E-state index contributed by atoms with van der Waals surface area (Å²) in [5, 5.41) is 9.58. The average molecular weight is 198 g/mol. The topological polar surface area (TPSA) is 37.3 Å². The summed E-state index contributed by atoms with van der Waals surface area (Å²) >= 11 is 0. The molecule has 0 aliphatic carbocycles. The van der Waals surface area contributed by atoms with Crippen LogP contribution >= 0.6 is 0 Å². The first-order valence-electron chi connectivity index (χ1n) is 5.52. The van der Waals surface area contributed by atoms with Crippen LogP contribution in [-0.2, 0) is 4.79 Å². The minimum absolute atomic E-state index is 0.429. The summed E-state index contributed by atoms with van der Waals surface area (Å²) in [5.74, 6) is 0. The quantitative estimate of drug-likeness (QED) is 0.370. The van der Waals surface area contributed by atoms with Crippen molar-refractivity contribution in [1.82, 2.24) is 0 Å². The average Bonchev–Trinajstić information content (AvgIpc) is 2.17. The first kappa shape index (κ1) is 13.4. The van der Waals surface area contributed by atoms with Gasteiger partial charge in [0.1, 0.15) is 6.29 Å². The van der Waals surface area contributed by atoms with Gasteiger partial charge in [-0.3, -0.25) is 4.79 Å². The van der Waals surface area contributed by atoms with Crippen LogP contribution in [0.3, 0.4) is 0 Å². The van der Waals surface area contributed by atoms with Gasteiger partial charge < -0.3 is 5.11 Å². The number of allylic oxidation sites excluding steroid dienone is 1. The van der Waals surface area contributed by atoms with E-state index in [0.717, 1.165) is 24.7 Å². The number of hydrogen-bond donors (Lipinski definition) is 1. The van der Waals surface area contributed by atoms with E-state index in [4.69, 9.17) is 0 Å². The molecular formula is C12H22O2. The molecule has 0 rings (SSSR count). The number of aldehydes is 1. The Balaban J connectivity index is 3.48. The van der Waals surface area contributed by atoms with Crippen LogP contribution in [0.15, 0.2) is 11.6 Å². The Morgan fingerprint density at radius 1 is 1.29 bits per heavy atom. The van der Waals surface area contributed by atoms with Crippen molar-refractivity contribution in [3.8, 4) is 0 Å². The predicted octanol–water partition coefficient (Wildman–Crippen LogP) is 2.85. The van der Waals surface area contributed by atoms with Crippen LogP contribution in [0.4, 0.5) is 0 Å². The summed E-state index contributed by atoms with van der Waals surface area (Å²) in [6, 6.07) is 0. The van der Waals surface area contributed by atoms with Crippen molar-refractivity contribution < 1.29 is 9.90 Å². The summed E-state index contributed by atoms with van der Waals surface area (Å²) in [4.78, 5) is 10.1. The van der Waals surface area contributed by atoms with Crippen LogP contribution < -0.4 is 0 Å². The summed E-state index contributed by atoms with van der Waals surface area (Å²) < 4.78 is 0. The van der Waals surface area contributed by atoms with Gasteiger partial charge in [-0.1, -0.05) is 39.0 Å². The molecule has 82 valence electrons. The fraction of sp³-hybridized carbons (Fsp3) is 0.750. The minimum Gasteiger partial charge on any atom is -0.389 e. The number of hydrogen-bond acceptors (Lipinski definition) is 2. The zero-order valence-electron chi connectivity index (χ0n) is 9.33. The molecule has 0 saturated carbocycles.